The SMILES string of the molecule is CC(C)OCCC(=O)Nc1ccc(-n2ccc(C(N)=O)n2)cc1. The zero-order valence-corrected chi connectivity index (χ0v) is 13.2. The standard InChI is InChI=1S/C16H20N4O3/c1-11(2)23-10-8-15(21)18-12-3-5-13(6-4-12)20-9-7-14(19-20)16(17)22/h3-7,9,11H,8,10H2,1-2H3,(H2,17,22)(H,18,21). The Morgan fingerprint density at radius 1 is 1.26 bits per heavy atom. The third-order valence-electron chi connectivity index (χ3n) is 3.04. The number of hydrogen-bond acceptors (Lipinski definition) is 4. The minimum atomic E-state index is -0.573. The molecule has 0 spiro atoms. The molecule has 0 saturated heterocycles. The largest absolute Gasteiger partial charge is 0.378 e. The third kappa shape index (κ3) is 4.93. The Labute approximate surface area is 134 Å². The van der Waals surface area contributed by atoms with E-state index in [4.69, 9.17) is 10.5 Å². The van der Waals surface area contributed by atoms with Gasteiger partial charge in [0.1, 0.15) is 5.69 Å². The third-order valence-corrected chi connectivity index (χ3v) is 3.04. The minimum Gasteiger partial charge on any atom is -0.378 e. The van der Waals surface area contributed by atoms with E-state index >= 15 is 0 Å². The number of nitrogens with one attached hydrogen (secondary N) is 1. The van der Waals surface area contributed by atoms with Crippen molar-refractivity contribution in [2.24, 2.45) is 5.73 Å². The summed E-state index contributed by atoms with van der Waals surface area (Å²) in [4.78, 5) is 22.8. The lowest BCUT2D eigenvalue weighted by atomic mass is 10.2. The number of rotatable bonds is 7. The van der Waals surface area contributed by atoms with Gasteiger partial charge in [0, 0.05) is 11.9 Å². The van der Waals surface area contributed by atoms with Crippen LogP contribution >= 0.6 is 0 Å². The Morgan fingerprint density at radius 2 is 1.96 bits per heavy atom. The number of carbonyl (C=O) groups excluding carboxylic acids is 2. The van der Waals surface area contributed by atoms with Crippen molar-refractivity contribution in [2.45, 2.75) is 26.4 Å². The molecule has 1 heterocycles. The van der Waals surface area contributed by atoms with Crippen LogP contribution in [-0.2, 0) is 9.53 Å². The van der Waals surface area contributed by atoms with Crippen LogP contribution in [0.1, 0.15) is 30.8 Å². The fourth-order valence-corrected chi connectivity index (χ4v) is 1.91. The molecule has 0 radical (unpaired) electrons. The summed E-state index contributed by atoms with van der Waals surface area (Å²) < 4.78 is 6.88. The van der Waals surface area contributed by atoms with Crippen molar-refractivity contribution in [3.8, 4) is 5.69 Å². The predicted molar refractivity (Wildman–Crippen MR) is 86.4 cm³/mol. The van der Waals surface area contributed by atoms with Crippen LogP contribution in [0, 0.1) is 0 Å². The van der Waals surface area contributed by atoms with Crippen molar-refractivity contribution in [1.82, 2.24) is 9.78 Å². The lowest BCUT2D eigenvalue weighted by Crippen LogP contribution is -2.15. The Hall–Kier alpha value is -2.67. The number of hydrogen-bond donors (Lipinski definition) is 2. The lowest BCUT2D eigenvalue weighted by molar-refractivity contribution is -0.117. The molecule has 2 amide bonds. The molecule has 7 heteroatoms. The first-order valence-corrected chi connectivity index (χ1v) is 7.33. The first-order valence-electron chi connectivity index (χ1n) is 7.33. The van der Waals surface area contributed by atoms with Crippen molar-refractivity contribution >= 4 is 17.5 Å². The van der Waals surface area contributed by atoms with E-state index < -0.39 is 5.91 Å². The van der Waals surface area contributed by atoms with Gasteiger partial charge in [-0.2, -0.15) is 5.10 Å². The molecule has 2 rings (SSSR count). The summed E-state index contributed by atoms with van der Waals surface area (Å²) in [7, 11) is 0. The molecule has 3 N–H and O–H groups in total. The van der Waals surface area contributed by atoms with Crippen LogP contribution < -0.4 is 11.1 Å². The molecular formula is C16H20N4O3. The quantitative estimate of drug-likeness (QED) is 0.812. The van der Waals surface area contributed by atoms with Gasteiger partial charge in [-0.25, -0.2) is 4.68 Å². The van der Waals surface area contributed by atoms with Crippen LogP contribution in [0.4, 0.5) is 5.69 Å². The van der Waals surface area contributed by atoms with Gasteiger partial charge >= 0.3 is 0 Å². The highest BCUT2D eigenvalue weighted by Crippen LogP contribution is 2.13. The van der Waals surface area contributed by atoms with Gasteiger partial charge in [0.05, 0.1) is 24.8 Å². The molecule has 0 bridgehead atoms. The number of anilines is 1. The van der Waals surface area contributed by atoms with E-state index in [9.17, 15) is 9.59 Å². The van der Waals surface area contributed by atoms with Crippen molar-refractivity contribution in [3.05, 3.63) is 42.2 Å². The number of benzene rings is 1. The number of ether oxygens (including phenoxy) is 1. The van der Waals surface area contributed by atoms with Gasteiger partial charge in [0.2, 0.25) is 5.91 Å². The summed E-state index contributed by atoms with van der Waals surface area (Å²) in [6.45, 7) is 4.25. The summed E-state index contributed by atoms with van der Waals surface area (Å²) >= 11 is 0. The van der Waals surface area contributed by atoms with Crippen molar-refractivity contribution < 1.29 is 14.3 Å². The number of amides is 2. The van der Waals surface area contributed by atoms with Crippen LogP contribution in [0.5, 0.6) is 0 Å². The number of primary amides is 1. The molecule has 0 unspecified atom stereocenters. The van der Waals surface area contributed by atoms with Crippen molar-refractivity contribution in [1.29, 1.82) is 0 Å². The maximum atomic E-state index is 11.8. The zero-order valence-electron chi connectivity index (χ0n) is 13.2. The van der Waals surface area contributed by atoms with E-state index in [1.54, 1.807) is 41.2 Å². The molecule has 0 atom stereocenters. The minimum absolute atomic E-state index is 0.103. The van der Waals surface area contributed by atoms with Gasteiger partial charge in [-0.3, -0.25) is 9.59 Å². The number of carbonyl (C=O) groups is 2. The molecule has 122 valence electrons. The first-order chi connectivity index (χ1) is 11.0. The smallest absolute Gasteiger partial charge is 0.269 e. The number of nitrogens with zero attached hydrogens (tertiary/aromatic N) is 2. The Balaban J connectivity index is 1.93. The summed E-state index contributed by atoms with van der Waals surface area (Å²) in [5.41, 5.74) is 6.82. The van der Waals surface area contributed by atoms with E-state index in [0.29, 0.717) is 18.7 Å². The second-order valence-corrected chi connectivity index (χ2v) is 5.27. The van der Waals surface area contributed by atoms with Gasteiger partial charge in [-0.1, -0.05) is 0 Å². The van der Waals surface area contributed by atoms with Crippen LogP contribution in [0.25, 0.3) is 5.69 Å². The van der Waals surface area contributed by atoms with Gasteiger partial charge in [-0.15, -0.1) is 0 Å². The Bertz CT molecular complexity index is 677. The molecule has 23 heavy (non-hydrogen) atoms. The van der Waals surface area contributed by atoms with Crippen LogP contribution in [0.3, 0.4) is 0 Å². The normalized spacial score (nSPS) is 10.7. The van der Waals surface area contributed by atoms with Crippen LogP contribution in [0.15, 0.2) is 36.5 Å². The van der Waals surface area contributed by atoms with E-state index in [1.807, 2.05) is 13.8 Å². The summed E-state index contributed by atoms with van der Waals surface area (Å²) in [6.07, 6.45) is 2.07. The van der Waals surface area contributed by atoms with Crippen molar-refractivity contribution in [3.63, 3.8) is 0 Å². The average molecular weight is 316 g/mol. The predicted octanol–water partition coefficient (Wildman–Crippen LogP) is 1.72. The number of aromatic nitrogens is 2. The molecule has 0 saturated carbocycles. The maximum absolute atomic E-state index is 11.8. The molecule has 0 fully saturated rings. The highest BCUT2D eigenvalue weighted by Gasteiger charge is 2.07. The topological polar surface area (TPSA) is 99.2 Å². The maximum Gasteiger partial charge on any atom is 0.269 e. The van der Waals surface area contributed by atoms with Gasteiger partial charge in [0.15, 0.2) is 0 Å². The first kappa shape index (κ1) is 16.7. The zero-order chi connectivity index (χ0) is 16.8. The molecule has 7 nitrogen and oxygen atoms in total. The highest BCUT2D eigenvalue weighted by atomic mass is 16.5. The van der Waals surface area contributed by atoms with Gasteiger partial charge in [0.25, 0.3) is 5.91 Å². The summed E-state index contributed by atoms with van der Waals surface area (Å²) in [5, 5.41) is 6.86. The van der Waals surface area contributed by atoms with Gasteiger partial charge in [-0.05, 0) is 44.2 Å². The van der Waals surface area contributed by atoms with E-state index in [1.165, 1.54) is 0 Å². The monoisotopic (exact) mass is 316 g/mol. The van der Waals surface area contributed by atoms with E-state index in [2.05, 4.69) is 10.4 Å². The van der Waals surface area contributed by atoms with Gasteiger partial charge < -0.3 is 15.8 Å². The number of nitrogens with two attached hydrogens (primary N) is 1. The molecule has 0 aliphatic rings. The molecular weight excluding hydrogens is 296 g/mol. The molecule has 1 aromatic heterocycles. The highest BCUT2D eigenvalue weighted by molar-refractivity contribution is 5.91. The van der Waals surface area contributed by atoms with Crippen molar-refractivity contribution in [2.75, 3.05) is 11.9 Å². The van der Waals surface area contributed by atoms with Crippen LogP contribution in [-0.4, -0.2) is 34.3 Å². The average Bonchev–Trinajstić information content (AvgIpc) is 2.97. The molecule has 1 aromatic carbocycles. The second kappa shape index (κ2) is 7.55. The van der Waals surface area contributed by atoms with Crippen LogP contribution in [0.2, 0.25) is 0 Å². The summed E-state index contributed by atoms with van der Waals surface area (Å²) in [5.74, 6) is -0.676. The molecule has 0 aliphatic heterocycles. The van der Waals surface area contributed by atoms with E-state index in [-0.39, 0.29) is 17.7 Å². The fraction of sp³-hybridized carbons (Fsp3) is 0.312. The second-order valence-electron chi connectivity index (χ2n) is 5.27. The Kier molecular flexibility index (Phi) is 5.48. The lowest BCUT2D eigenvalue weighted by Gasteiger charge is -2.09. The summed E-state index contributed by atoms with van der Waals surface area (Å²) in [6, 6.07) is 8.66. The molecule has 0 aliphatic carbocycles. The van der Waals surface area contributed by atoms with E-state index in [0.717, 1.165) is 5.69 Å². The fourth-order valence-electron chi connectivity index (χ4n) is 1.91. The molecule has 2 aromatic rings. The Morgan fingerprint density at radius 3 is 2.52 bits per heavy atom.